The molecule has 0 saturated heterocycles. The van der Waals surface area contributed by atoms with Crippen molar-refractivity contribution < 1.29 is 10.0 Å². The van der Waals surface area contributed by atoms with Crippen LogP contribution in [0.1, 0.15) is 12.5 Å². The third-order valence-corrected chi connectivity index (χ3v) is 3.24. The molecule has 0 amide bonds. The summed E-state index contributed by atoms with van der Waals surface area (Å²) in [6.45, 7) is 2.05. The normalized spacial score (nSPS) is 10.0. The fourth-order valence-corrected chi connectivity index (χ4v) is 2.12. The largest absolute Gasteiger partial charge is 0.506 e. The molecular formula is C15H15N3O3S. The number of nitrogens with zero attached hydrogens (tertiary/aromatic N) is 1. The van der Waals surface area contributed by atoms with Crippen molar-refractivity contribution in [3.05, 3.63) is 58.1 Å². The molecule has 22 heavy (non-hydrogen) atoms. The number of nitrogens with one attached hydrogen (secondary N) is 2. The van der Waals surface area contributed by atoms with Gasteiger partial charge in [0.05, 0.1) is 10.6 Å². The summed E-state index contributed by atoms with van der Waals surface area (Å²) in [6, 6.07) is 11.4. The minimum absolute atomic E-state index is 0.114. The second-order valence-electron chi connectivity index (χ2n) is 4.59. The Morgan fingerprint density at radius 3 is 2.73 bits per heavy atom. The van der Waals surface area contributed by atoms with Gasteiger partial charge < -0.3 is 15.7 Å². The summed E-state index contributed by atoms with van der Waals surface area (Å²) >= 11 is 5.16. The van der Waals surface area contributed by atoms with Crippen LogP contribution in [0.4, 0.5) is 17.1 Å². The van der Waals surface area contributed by atoms with Gasteiger partial charge in [-0.3, -0.25) is 10.1 Å². The Kier molecular flexibility index (Phi) is 4.90. The monoisotopic (exact) mass is 317 g/mol. The van der Waals surface area contributed by atoms with Crippen LogP contribution in [0.3, 0.4) is 0 Å². The molecule has 0 fully saturated rings. The SMILES string of the molecule is CCc1cccc(NC(=S)Nc2cc([N+](=O)[O-])ccc2O)c1. The number of phenols is 1. The number of aryl methyl sites for hydroxylation is 1. The zero-order chi connectivity index (χ0) is 16.1. The minimum Gasteiger partial charge on any atom is -0.506 e. The average molecular weight is 317 g/mol. The number of nitro benzene ring substituents is 1. The predicted molar refractivity (Wildman–Crippen MR) is 90.4 cm³/mol. The molecule has 0 spiro atoms. The van der Waals surface area contributed by atoms with Crippen molar-refractivity contribution in [3.8, 4) is 5.75 Å². The van der Waals surface area contributed by atoms with E-state index in [-0.39, 0.29) is 22.2 Å². The van der Waals surface area contributed by atoms with E-state index in [0.717, 1.165) is 17.7 Å². The number of aromatic hydroxyl groups is 1. The maximum atomic E-state index is 10.8. The molecule has 0 aliphatic heterocycles. The first-order valence-corrected chi connectivity index (χ1v) is 7.04. The first kappa shape index (κ1) is 15.7. The van der Waals surface area contributed by atoms with Gasteiger partial charge in [0.15, 0.2) is 5.11 Å². The Morgan fingerprint density at radius 2 is 2.05 bits per heavy atom. The van der Waals surface area contributed by atoms with Crippen molar-refractivity contribution in [1.29, 1.82) is 0 Å². The van der Waals surface area contributed by atoms with Crippen molar-refractivity contribution in [2.24, 2.45) is 0 Å². The summed E-state index contributed by atoms with van der Waals surface area (Å²) in [5.41, 5.74) is 2.02. The van der Waals surface area contributed by atoms with Crippen molar-refractivity contribution in [3.63, 3.8) is 0 Å². The van der Waals surface area contributed by atoms with Gasteiger partial charge in [-0.05, 0) is 42.4 Å². The average Bonchev–Trinajstić information content (AvgIpc) is 2.49. The maximum Gasteiger partial charge on any atom is 0.271 e. The Labute approximate surface area is 132 Å². The second-order valence-corrected chi connectivity index (χ2v) is 5.00. The number of hydrogen-bond donors (Lipinski definition) is 3. The van der Waals surface area contributed by atoms with E-state index in [0.29, 0.717) is 0 Å². The van der Waals surface area contributed by atoms with Crippen LogP contribution in [0, 0.1) is 10.1 Å². The molecule has 7 heteroatoms. The number of nitro groups is 1. The van der Waals surface area contributed by atoms with E-state index in [1.165, 1.54) is 18.2 Å². The van der Waals surface area contributed by atoms with Crippen molar-refractivity contribution >= 4 is 34.4 Å². The van der Waals surface area contributed by atoms with E-state index >= 15 is 0 Å². The molecule has 0 atom stereocenters. The number of non-ortho nitro benzene ring substituents is 1. The van der Waals surface area contributed by atoms with E-state index in [2.05, 4.69) is 17.6 Å². The van der Waals surface area contributed by atoms with Gasteiger partial charge in [-0.1, -0.05) is 19.1 Å². The van der Waals surface area contributed by atoms with Gasteiger partial charge in [0.2, 0.25) is 0 Å². The first-order chi connectivity index (χ1) is 10.5. The lowest BCUT2D eigenvalue weighted by atomic mass is 10.1. The fourth-order valence-electron chi connectivity index (χ4n) is 1.89. The number of benzene rings is 2. The highest BCUT2D eigenvalue weighted by Crippen LogP contribution is 2.28. The highest BCUT2D eigenvalue weighted by Gasteiger charge is 2.11. The van der Waals surface area contributed by atoms with Gasteiger partial charge in [-0.2, -0.15) is 0 Å². The summed E-state index contributed by atoms with van der Waals surface area (Å²) in [6.07, 6.45) is 0.904. The van der Waals surface area contributed by atoms with Gasteiger partial charge in [0, 0.05) is 17.8 Å². The fraction of sp³-hybridized carbons (Fsp3) is 0.133. The van der Waals surface area contributed by atoms with E-state index in [1.807, 2.05) is 24.3 Å². The minimum atomic E-state index is -0.536. The molecule has 3 N–H and O–H groups in total. The van der Waals surface area contributed by atoms with Crippen LogP contribution >= 0.6 is 12.2 Å². The summed E-state index contributed by atoms with van der Waals surface area (Å²) in [7, 11) is 0. The van der Waals surface area contributed by atoms with E-state index in [4.69, 9.17) is 12.2 Å². The van der Waals surface area contributed by atoms with Crippen LogP contribution in [0.5, 0.6) is 5.75 Å². The maximum absolute atomic E-state index is 10.8. The number of anilines is 2. The van der Waals surface area contributed by atoms with Crippen LogP contribution in [0.15, 0.2) is 42.5 Å². The Morgan fingerprint density at radius 1 is 1.27 bits per heavy atom. The van der Waals surface area contributed by atoms with Gasteiger partial charge in [-0.25, -0.2) is 0 Å². The van der Waals surface area contributed by atoms with Crippen molar-refractivity contribution in [1.82, 2.24) is 0 Å². The van der Waals surface area contributed by atoms with Crippen LogP contribution in [0.25, 0.3) is 0 Å². The zero-order valence-electron chi connectivity index (χ0n) is 11.9. The van der Waals surface area contributed by atoms with Crippen LogP contribution in [-0.2, 0) is 6.42 Å². The molecule has 2 aromatic rings. The lowest BCUT2D eigenvalue weighted by Gasteiger charge is -2.12. The molecule has 0 unspecified atom stereocenters. The van der Waals surface area contributed by atoms with Gasteiger partial charge in [0.1, 0.15) is 5.75 Å². The summed E-state index contributed by atoms with van der Waals surface area (Å²) < 4.78 is 0. The quantitative estimate of drug-likeness (QED) is 0.345. The highest BCUT2D eigenvalue weighted by atomic mass is 32.1. The lowest BCUT2D eigenvalue weighted by molar-refractivity contribution is -0.384. The van der Waals surface area contributed by atoms with Gasteiger partial charge in [-0.15, -0.1) is 0 Å². The second kappa shape index (κ2) is 6.86. The molecule has 0 heterocycles. The molecule has 0 aliphatic rings. The van der Waals surface area contributed by atoms with Crippen molar-refractivity contribution in [2.45, 2.75) is 13.3 Å². The Hall–Kier alpha value is -2.67. The molecule has 2 rings (SSSR count). The molecule has 0 radical (unpaired) electrons. The molecule has 0 bridgehead atoms. The number of rotatable bonds is 4. The van der Waals surface area contributed by atoms with E-state index in [9.17, 15) is 15.2 Å². The molecule has 0 aromatic heterocycles. The first-order valence-electron chi connectivity index (χ1n) is 6.64. The summed E-state index contributed by atoms with van der Waals surface area (Å²) in [5, 5.41) is 26.5. The van der Waals surface area contributed by atoms with Crippen LogP contribution in [-0.4, -0.2) is 15.1 Å². The predicted octanol–water partition coefficient (Wildman–Crippen LogP) is 3.67. The Balaban J connectivity index is 2.11. The Bertz CT molecular complexity index is 719. The molecule has 6 nitrogen and oxygen atoms in total. The number of phenolic OH excluding ortho intramolecular Hbond substituents is 1. The van der Waals surface area contributed by atoms with Gasteiger partial charge in [0.25, 0.3) is 5.69 Å². The standard InChI is InChI=1S/C15H15N3O3S/c1-2-10-4-3-5-11(8-10)16-15(22)17-13-9-12(18(20)21)6-7-14(13)19/h3-9,19H,2H2,1H3,(H2,16,17,22). The molecule has 0 aliphatic carbocycles. The third-order valence-electron chi connectivity index (χ3n) is 3.03. The molecule has 0 saturated carbocycles. The van der Waals surface area contributed by atoms with Crippen molar-refractivity contribution in [2.75, 3.05) is 10.6 Å². The van der Waals surface area contributed by atoms with E-state index < -0.39 is 4.92 Å². The summed E-state index contributed by atoms with van der Waals surface area (Å²) in [4.78, 5) is 10.2. The lowest BCUT2D eigenvalue weighted by Crippen LogP contribution is -2.19. The number of thiocarbonyl (C=S) groups is 1. The van der Waals surface area contributed by atoms with Gasteiger partial charge >= 0.3 is 0 Å². The highest BCUT2D eigenvalue weighted by molar-refractivity contribution is 7.80. The number of hydrogen-bond acceptors (Lipinski definition) is 4. The zero-order valence-corrected chi connectivity index (χ0v) is 12.7. The van der Waals surface area contributed by atoms with Crippen LogP contribution < -0.4 is 10.6 Å². The van der Waals surface area contributed by atoms with Crippen LogP contribution in [0.2, 0.25) is 0 Å². The molecular weight excluding hydrogens is 302 g/mol. The smallest absolute Gasteiger partial charge is 0.271 e. The third kappa shape index (κ3) is 3.92. The molecule has 2 aromatic carbocycles. The van der Waals surface area contributed by atoms with E-state index in [1.54, 1.807) is 0 Å². The summed E-state index contributed by atoms with van der Waals surface area (Å²) in [5.74, 6) is -0.114. The topological polar surface area (TPSA) is 87.4 Å². The molecule has 114 valence electrons.